The van der Waals surface area contributed by atoms with E-state index in [9.17, 15) is 9.59 Å². The molecular formula is C21H31N3O2. The lowest BCUT2D eigenvalue weighted by molar-refractivity contribution is -0.133. The zero-order valence-electron chi connectivity index (χ0n) is 15.7. The molecule has 2 N–H and O–H groups in total. The highest BCUT2D eigenvalue weighted by Gasteiger charge is 2.27. The van der Waals surface area contributed by atoms with Crippen LogP contribution in [0.2, 0.25) is 0 Å². The summed E-state index contributed by atoms with van der Waals surface area (Å²) in [5.41, 5.74) is 0.696. The molecule has 1 unspecified atom stereocenters. The Hall–Kier alpha value is -1.88. The maximum absolute atomic E-state index is 12.6. The van der Waals surface area contributed by atoms with Gasteiger partial charge in [0.2, 0.25) is 5.91 Å². The first-order valence-electron chi connectivity index (χ1n) is 9.98. The third kappa shape index (κ3) is 5.07. The van der Waals surface area contributed by atoms with Crippen molar-refractivity contribution in [1.82, 2.24) is 15.5 Å². The number of rotatable bonds is 5. The monoisotopic (exact) mass is 357 g/mol. The maximum Gasteiger partial charge on any atom is 0.251 e. The fourth-order valence-corrected chi connectivity index (χ4v) is 4.12. The number of hydrogen-bond acceptors (Lipinski definition) is 3. The van der Waals surface area contributed by atoms with Crippen molar-refractivity contribution in [1.29, 1.82) is 0 Å². The van der Waals surface area contributed by atoms with Gasteiger partial charge in [-0.05, 0) is 62.7 Å². The summed E-state index contributed by atoms with van der Waals surface area (Å²) in [5, 5.41) is 6.49. The average molecular weight is 357 g/mol. The highest BCUT2D eigenvalue weighted by Crippen LogP contribution is 2.25. The summed E-state index contributed by atoms with van der Waals surface area (Å²) >= 11 is 0. The molecule has 0 radical (unpaired) electrons. The van der Waals surface area contributed by atoms with Crippen molar-refractivity contribution >= 4 is 11.8 Å². The number of carbonyl (C=O) groups is 2. The van der Waals surface area contributed by atoms with E-state index in [-0.39, 0.29) is 17.9 Å². The van der Waals surface area contributed by atoms with E-state index in [1.54, 1.807) is 0 Å². The second-order valence-corrected chi connectivity index (χ2v) is 7.76. The minimum Gasteiger partial charge on any atom is -0.349 e. The van der Waals surface area contributed by atoms with Gasteiger partial charge in [0.05, 0.1) is 0 Å². The van der Waals surface area contributed by atoms with E-state index in [4.69, 9.17) is 0 Å². The van der Waals surface area contributed by atoms with Crippen molar-refractivity contribution in [3.05, 3.63) is 35.9 Å². The molecule has 1 atom stereocenters. The zero-order chi connectivity index (χ0) is 18.4. The predicted octanol–water partition coefficient (Wildman–Crippen LogP) is 2.43. The predicted molar refractivity (Wildman–Crippen MR) is 103 cm³/mol. The Bertz CT molecular complexity index is 591. The van der Waals surface area contributed by atoms with Gasteiger partial charge in [-0.2, -0.15) is 0 Å². The fraction of sp³-hybridized carbons (Fsp3) is 0.619. The standard InChI is InChI=1S/C21H31N3O2/c1-16(17-7-11-22-12-8-17)15-20(25)24-13-9-19(10-14-24)23-21(26)18-5-3-2-4-6-18/h2-6,16-17,19,22H,7-15H2,1H3,(H,23,26). The van der Waals surface area contributed by atoms with Crippen LogP contribution in [0.5, 0.6) is 0 Å². The summed E-state index contributed by atoms with van der Waals surface area (Å²) in [6, 6.07) is 9.48. The van der Waals surface area contributed by atoms with Crippen LogP contribution < -0.4 is 10.6 Å². The minimum atomic E-state index is -0.0186. The van der Waals surface area contributed by atoms with Crippen LogP contribution in [0, 0.1) is 11.8 Å². The van der Waals surface area contributed by atoms with Crippen LogP contribution in [0.25, 0.3) is 0 Å². The van der Waals surface area contributed by atoms with E-state index in [2.05, 4.69) is 17.6 Å². The smallest absolute Gasteiger partial charge is 0.251 e. The van der Waals surface area contributed by atoms with Crippen LogP contribution in [-0.2, 0) is 4.79 Å². The molecule has 0 saturated carbocycles. The van der Waals surface area contributed by atoms with Crippen LogP contribution in [0.4, 0.5) is 0 Å². The van der Waals surface area contributed by atoms with E-state index in [0.717, 1.165) is 39.0 Å². The quantitative estimate of drug-likeness (QED) is 0.851. The van der Waals surface area contributed by atoms with Gasteiger partial charge in [-0.15, -0.1) is 0 Å². The first-order chi connectivity index (χ1) is 12.6. The Kier molecular flexibility index (Phi) is 6.67. The topological polar surface area (TPSA) is 61.4 Å². The lowest BCUT2D eigenvalue weighted by Crippen LogP contribution is -2.47. The molecular weight excluding hydrogens is 326 g/mol. The Morgan fingerprint density at radius 2 is 1.77 bits per heavy atom. The lowest BCUT2D eigenvalue weighted by atomic mass is 9.84. The van der Waals surface area contributed by atoms with Crippen molar-refractivity contribution in [2.45, 2.75) is 45.1 Å². The molecule has 5 nitrogen and oxygen atoms in total. The Morgan fingerprint density at radius 1 is 1.12 bits per heavy atom. The number of benzene rings is 1. The second kappa shape index (κ2) is 9.17. The molecule has 2 aliphatic heterocycles. The molecule has 1 aromatic carbocycles. The van der Waals surface area contributed by atoms with E-state index in [1.165, 1.54) is 12.8 Å². The second-order valence-electron chi connectivity index (χ2n) is 7.76. The number of hydrogen-bond donors (Lipinski definition) is 2. The van der Waals surface area contributed by atoms with Gasteiger partial charge in [-0.25, -0.2) is 0 Å². The van der Waals surface area contributed by atoms with Gasteiger partial charge in [0.25, 0.3) is 5.91 Å². The van der Waals surface area contributed by atoms with E-state index in [0.29, 0.717) is 23.8 Å². The SMILES string of the molecule is CC(CC(=O)N1CCC(NC(=O)c2ccccc2)CC1)C1CCNCC1. The molecule has 1 aromatic rings. The molecule has 2 saturated heterocycles. The first-order valence-corrected chi connectivity index (χ1v) is 9.98. The van der Waals surface area contributed by atoms with Crippen LogP contribution >= 0.6 is 0 Å². The van der Waals surface area contributed by atoms with Crippen LogP contribution in [0.15, 0.2) is 30.3 Å². The fourth-order valence-electron chi connectivity index (χ4n) is 4.12. The van der Waals surface area contributed by atoms with Crippen LogP contribution in [0.3, 0.4) is 0 Å². The van der Waals surface area contributed by atoms with Crippen molar-refractivity contribution in [3.8, 4) is 0 Å². The number of carbonyl (C=O) groups excluding carboxylic acids is 2. The zero-order valence-corrected chi connectivity index (χ0v) is 15.7. The summed E-state index contributed by atoms with van der Waals surface area (Å²) in [4.78, 5) is 26.9. The highest BCUT2D eigenvalue weighted by molar-refractivity contribution is 5.94. The van der Waals surface area contributed by atoms with Gasteiger partial charge in [0, 0.05) is 31.1 Å². The molecule has 142 valence electrons. The molecule has 2 fully saturated rings. The summed E-state index contributed by atoms with van der Waals surface area (Å²) in [5.74, 6) is 1.39. The third-order valence-corrected chi connectivity index (χ3v) is 5.90. The third-order valence-electron chi connectivity index (χ3n) is 5.90. The lowest BCUT2D eigenvalue weighted by Gasteiger charge is -2.34. The number of likely N-dealkylation sites (tertiary alicyclic amines) is 1. The number of nitrogens with one attached hydrogen (secondary N) is 2. The molecule has 2 aliphatic rings. The summed E-state index contributed by atoms with van der Waals surface area (Å²) in [7, 11) is 0. The van der Waals surface area contributed by atoms with Gasteiger partial charge in [-0.1, -0.05) is 25.1 Å². The molecule has 0 spiro atoms. The van der Waals surface area contributed by atoms with Crippen molar-refractivity contribution in [3.63, 3.8) is 0 Å². The largest absolute Gasteiger partial charge is 0.349 e. The Balaban J connectivity index is 1.41. The summed E-state index contributed by atoms with van der Waals surface area (Å²) in [6.45, 7) is 5.88. The Labute approximate surface area is 156 Å². The van der Waals surface area contributed by atoms with Crippen LogP contribution in [0.1, 0.15) is 49.4 Å². The molecule has 2 heterocycles. The molecule has 2 amide bonds. The van der Waals surface area contributed by atoms with Gasteiger partial charge in [0.1, 0.15) is 0 Å². The molecule has 0 aliphatic carbocycles. The summed E-state index contributed by atoms with van der Waals surface area (Å²) in [6.07, 6.45) is 4.70. The summed E-state index contributed by atoms with van der Waals surface area (Å²) < 4.78 is 0. The van der Waals surface area contributed by atoms with Crippen molar-refractivity contribution in [2.24, 2.45) is 11.8 Å². The number of piperidine rings is 2. The molecule has 0 bridgehead atoms. The number of amides is 2. The van der Waals surface area contributed by atoms with Crippen molar-refractivity contribution < 1.29 is 9.59 Å². The van der Waals surface area contributed by atoms with Gasteiger partial charge < -0.3 is 15.5 Å². The molecule has 3 rings (SSSR count). The van der Waals surface area contributed by atoms with E-state index < -0.39 is 0 Å². The van der Waals surface area contributed by atoms with Gasteiger partial charge in [-0.3, -0.25) is 9.59 Å². The average Bonchev–Trinajstić information content (AvgIpc) is 2.69. The van der Waals surface area contributed by atoms with Crippen LogP contribution in [-0.4, -0.2) is 48.9 Å². The van der Waals surface area contributed by atoms with Crippen molar-refractivity contribution in [2.75, 3.05) is 26.2 Å². The molecule has 0 aromatic heterocycles. The minimum absolute atomic E-state index is 0.0186. The number of nitrogens with zero attached hydrogens (tertiary/aromatic N) is 1. The Morgan fingerprint density at radius 3 is 2.42 bits per heavy atom. The molecule has 5 heteroatoms. The van der Waals surface area contributed by atoms with E-state index in [1.807, 2.05) is 35.2 Å². The molecule has 26 heavy (non-hydrogen) atoms. The van der Waals surface area contributed by atoms with E-state index >= 15 is 0 Å². The first kappa shape index (κ1) is 18.9. The normalized spacial score (nSPS) is 20.6. The highest BCUT2D eigenvalue weighted by atomic mass is 16.2. The van der Waals surface area contributed by atoms with Gasteiger partial charge >= 0.3 is 0 Å². The maximum atomic E-state index is 12.6. The van der Waals surface area contributed by atoms with Gasteiger partial charge in [0.15, 0.2) is 0 Å².